The first kappa shape index (κ1) is 13.5. The number of anilines is 1. The van der Waals surface area contributed by atoms with Crippen LogP contribution in [0.25, 0.3) is 0 Å². The lowest BCUT2D eigenvalue weighted by Gasteiger charge is -2.06. The molecule has 0 fully saturated rings. The maximum atomic E-state index is 11.8. The molecule has 0 aliphatic carbocycles. The lowest BCUT2D eigenvalue weighted by Crippen LogP contribution is -2.14. The Hall–Kier alpha value is -1.88. The Morgan fingerprint density at radius 1 is 1.26 bits per heavy atom. The normalized spacial score (nSPS) is 10.2. The summed E-state index contributed by atoms with van der Waals surface area (Å²) < 4.78 is 0. The number of benzene rings is 1. The summed E-state index contributed by atoms with van der Waals surface area (Å²) in [6.07, 6.45) is 4.28. The molecule has 0 saturated carbocycles. The van der Waals surface area contributed by atoms with Crippen LogP contribution in [0.15, 0.2) is 47.9 Å². The van der Waals surface area contributed by atoms with E-state index >= 15 is 0 Å². The van der Waals surface area contributed by atoms with Gasteiger partial charge in [0.25, 0.3) is 0 Å². The minimum absolute atomic E-state index is 0.0503. The number of nitrogens with zero attached hydrogens (tertiary/aromatic N) is 2. The number of hydrogen-bond acceptors (Lipinski definition) is 4. The van der Waals surface area contributed by atoms with Gasteiger partial charge in [-0.25, -0.2) is 9.97 Å². The van der Waals surface area contributed by atoms with Gasteiger partial charge in [0.1, 0.15) is 0 Å². The summed E-state index contributed by atoms with van der Waals surface area (Å²) in [5.74, 6) is 0.256. The van der Waals surface area contributed by atoms with Gasteiger partial charge in [-0.15, -0.1) is 0 Å². The molecule has 1 aromatic heterocycles. The van der Waals surface area contributed by atoms with Crippen molar-refractivity contribution in [2.45, 2.75) is 18.5 Å². The van der Waals surface area contributed by atoms with Crippen molar-refractivity contribution in [3.8, 4) is 0 Å². The van der Waals surface area contributed by atoms with E-state index in [1.54, 1.807) is 18.5 Å². The van der Waals surface area contributed by atoms with Crippen LogP contribution < -0.4 is 5.32 Å². The van der Waals surface area contributed by atoms with Crippen molar-refractivity contribution in [1.82, 2.24) is 9.97 Å². The highest BCUT2D eigenvalue weighted by molar-refractivity contribution is 7.99. The zero-order chi connectivity index (χ0) is 13.5. The van der Waals surface area contributed by atoms with E-state index in [9.17, 15) is 4.79 Å². The summed E-state index contributed by atoms with van der Waals surface area (Å²) in [4.78, 5) is 19.9. The Morgan fingerprint density at radius 2 is 2.05 bits per heavy atom. The fourth-order valence-electron chi connectivity index (χ4n) is 1.56. The highest BCUT2D eigenvalue weighted by atomic mass is 32.2. The number of carbonyl (C=O) groups excluding carboxylic acids is 1. The molecule has 0 aliphatic rings. The van der Waals surface area contributed by atoms with Crippen LogP contribution in [-0.2, 0) is 11.2 Å². The van der Waals surface area contributed by atoms with Gasteiger partial charge in [0.2, 0.25) is 5.91 Å². The van der Waals surface area contributed by atoms with Gasteiger partial charge in [0, 0.05) is 18.1 Å². The third-order valence-corrected chi connectivity index (χ3v) is 3.37. The van der Waals surface area contributed by atoms with Crippen LogP contribution in [0.3, 0.4) is 0 Å². The number of hydrogen-bond donors (Lipinski definition) is 1. The number of nitrogens with one attached hydrogen (secondary N) is 1. The van der Waals surface area contributed by atoms with Crippen LogP contribution >= 0.6 is 11.8 Å². The van der Waals surface area contributed by atoms with Crippen LogP contribution in [0.5, 0.6) is 0 Å². The van der Waals surface area contributed by atoms with Crippen LogP contribution in [0.4, 0.5) is 5.69 Å². The fourth-order valence-corrected chi connectivity index (χ4v) is 2.16. The van der Waals surface area contributed by atoms with E-state index in [-0.39, 0.29) is 5.91 Å². The molecule has 0 bridgehead atoms. The topological polar surface area (TPSA) is 54.9 Å². The van der Waals surface area contributed by atoms with Gasteiger partial charge in [-0.2, -0.15) is 0 Å². The van der Waals surface area contributed by atoms with Crippen LogP contribution in [-0.4, -0.2) is 21.6 Å². The zero-order valence-electron chi connectivity index (χ0n) is 10.7. The van der Waals surface area contributed by atoms with Gasteiger partial charge in [-0.3, -0.25) is 4.79 Å². The summed E-state index contributed by atoms with van der Waals surface area (Å²) in [6.45, 7) is 2.09. The number of rotatable bonds is 5. The molecule has 1 amide bonds. The van der Waals surface area contributed by atoms with E-state index in [0.717, 1.165) is 12.1 Å². The highest BCUT2D eigenvalue weighted by Crippen LogP contribution is 2.14. The Bertz CT molecular complexity index is 545. The van der Waals surface area contributed by atoms with Crippen molar-refractivity contribution in [2.24, 2.45) is 0 Å². The van der Waals surface area contributed by atoms with E-state index in [1.165, 1.54) is 17.3 Å². The van der Waals surface area contributed by atoms with Gasteiger partial charge >= 0.3 is 0 Å². The molecular weight excluding hydrogens is 258 g/mol. The molecule has 2 aromatic rings. The second-order valence-corrected chi connectivity index (χ2v) is 4.86. The first-order valence-electron chi connectivity index (χ1n) is 6.06. The molecule has 19 heavy (non-hydrogen) atoms. The van der Waals surface area contributed by atoms with Gasteiger partial charge in [0.15, 0.2) is 5.16 Å². The minimum atomic E-state index is -0.0503. The molecular formula is C14H15N3OS. The molecule has 0 atom stereocenters. The maximum Gasteiger partial charge on any atom is 0.234 e. The molecule has 2 rings (SSSR count). The third-order valence-electron chi connectivity index (χ3n) is 2.49. The van der Waals surface area contributed by atoms with Crippen molar-refractivity contribution in [3.05, 3.63) is 48.3 Å². The standard InChI is InChI=1S/C14H15N3OS/c1-2-11-5-3-6-12(9-11)17-13(18)10-19-14-15-7-4-8-16-14/h3-9H,2,10H2,1H3,(H,17,18). The number of amides is 1. The van der Waals surface area contributed by atoms with Crippen molar-refractivity contribution in [1.29, 1.82) is 0 Å². The van der Waals surface area contributed by atoms with E-state index in [2.05, 4.69) is 22.2 Å². The summed E-state index contributed by atoms with van der Waals surface area (Å²) in [5.41, 5.74) is 2.04. The average Bonchev–Trinajstić information content (AvgIpc) is 2.46. The van der Waals surface area contributed by atoms with Crippen molar-refractivity contribution >= 4 is 23.4 Å². The number of aromatic nitrogens is 2. The Morgan fingerprint density at radius 3 is 2.79 bits per heavy atom. The molecule has 98 valence electrons. The van der Waals surface area contributed by atoms with E-state index in [4.69, 9.17) is 0 Å². The summed E-state index contributed by atoms with van der Waals surface area (Å²) in [5, 5.41) is 3.48. The SMILES string of the molecule is CCc1cccc(NC(=O)CSc2ncccn2)c1. The van der Waals surface area contributed by atoms with Crippen LogP contribution in [0.2, 0.25) is 0 Å². The van der Waals surface area contributed by atoms with Gasteiger partial charge in [0.05, 0.1) is 5.75 Å². The molecule has 1 N–H and O–H groups in total. The smallest absolute Gasteiger partial charge is 0.234 e. The minimum Gasteiger partial charge on any atom is -0.325 e. The monoisotopic (exact) mass is 273 g/mol. The maximum absolute atomic E-state index is 11.8. The largest absolute Gasteiger partial charge is 0.325 e. The first-order chi connectivity index (χ1) is 9.28. The third kappa shape index (κ3) is 4.37. The Kier molecular flexibility index (Phi) is 4.92. The molecule has 0 spiro atoms. The second-order valence-electron chi connectivity index (χ2n) is 3.92. The van der Waals surface area contributed by atoms with Crippen molar-refractivity contribution in [3.63, 3.8) is 0 Å². The summed E-state index contributed by atoms with van der Waals surface area (Å²) >= 11 is 1.32. The number of aryl methyl sites for hydroxylation is 1. The van der Waals surface area contributed by atoms with E-state index in [1.807, 2.05) is 24.3 Å². The zero-order valence-corrected chi connectivity index (χ0v) is 11.5. The predicted octanol–water partition coefficient (Wildman–Crippen LogP) is 2.77. The molecule has 1 heterocycles. The molecule has 4 nitrogen and oxygen atoms in total. The fraction of sp³-hybridized carbons (Fsp3) is 0.214. The molecule has 0 aliphatic heterocycles. The molecule has 1 aromatic carbocycles. The molecule has 0 unspecified atom stereocenters. The molecule has 0 saturated heterocycles. The quantitative estimate of drug-likeness (QED) is 0.672. The van der Waals surface area contributed by atoms with Crippen molar-refractivity contribution in [2.75, 3.05) is 11.1 Å². The van der Waals surface area contributed by atoms with Gasteiger partial charge in [-0.1, -0.05) is 30.8 Å². The predicted molar refractivity (Wildman–Crippen MR) is 77.2 cm³/mol. The summed E-state index contributed by atoms with van der Waals surface area (Å²) in [6, 6.07) is 9.62. The van der Waals surface area contributed by atoms with E-state index in [0.29, 0.717) is 10.9 Å². The molecule has 0 radical (unpaired) electrons. The molecule has 5 heteroatoms. The van der Waals surface area contributed by atoms with Gasteiger partial charge in [-0.05, 0) is 30.2 Å². The lowest BCUT2D eigenvalue weighted by molar-refractivity contribution is -0.113. The van der Waals surface area contributed by atoms with Crippen molar-refractivity contribution < 1.29 is 4.79 Å². The summed E-state index contributed by atoms with van der Waals surface area (Å²) in [7, 11) is 0. The number of thioether (sulfide) groups is 1. The Labute approximate surface area is 116 Å². The highest BCUT2D eigenvalue weighted by Gasteiger charge is 2.05. The van der Waals surface area contributed by atoms with Crippen LogP contribution in [0.1, 0.15) is 12.5 Å². The van der Waals surface area contributed by atoms with Gasteiger partial charge < -0.3 is 5.32 Å². The first-order valence-corrected chi connectivity index (χ1v) is 7.05. The average molecular weight is 273 g/mol. The second kappa shape index (κ2) is 6.89. The Balaban J connectivity index is 1.87. The lowest BCUT2D eigenvalue weighted by atomic mass is 10.1. The van der Waals surface area contributed by atoms with Crippen LogP contribution in [0, 0.1) is 0 Å². The van der Waals surface area contributed by atoms with E-state index < -0.39 is 0 Å². The number of carbonyl (C=O) groups is 1.